The lowest BCUT2D eigenvalue weighted by molar-refractivity contribution is 0.0757. The molecule has 0 aliphatic rings. The number of nitrogens with zero attached hydrogens (tertiary/aromatic N) is 1. The highest BCUT2D eigenvalue weighted by atomic mass is 16.5. The van der Waals surface area contributed by atoms with Crippen molar-refractivity contribution in [1.29, 1.82) is 0 Å². The third-order valence-electron chi connectivity index (χ3n) is 3.77. The number of carbonyl (C=O) groups excluding carboxylic acids is 1. The Bertz CT molecular complexity index is 627. The van der Waals surface area contributed by atoms with Gasteiger partial charge in [0.05, 0.1) is 24.5 Å². The predicted molar refractivity (Wildman–Crippen MR) is 89.8 cm³/mol. The maximum Gasteiger partial charge on any atom is 0.253 e. The van der Waals surface area contributed by atoms with Gasteiger partial charge in [0.2, 0.25) is 0 Å². The number of rotatable bonds is 8. The molecule has 126 valence electrons. The molecule has 0 radical (unpaired) electrons. The highest BCUT2D eigenvalue weighted by Gasteiger charge is 2.16. The minimum atomic E-state index is -0.0339. The van der Waals surface area contributed by atoms with Gasteiger partial charge in [-0.3, -0.25) is 4.79 Å². The van der Waals surface area contributed by atoms with Crippen LogP contribution in [0.25, 0.3) is 0 Å². The first kappa shape index (κ1) is 17.3. The second-order valence-corrected chi connectivity index (χ2v) is 5.98. The molecule has 0 saturated heterocycles. The maximum absolute atomic E-state index is 12.3. The number of furan rings is 1. The van der Waals surface area contributed by atoms with Crippen LogP contribution >= 0.6 is 0 Å². The standard InChI is InChI=1S/C18H26N2O3/c1-13(2)22-10-6-8-19-18(21)17-11-14(3)20(15(17)4)12-16-7-5-9-23-16/h5,7,9,11,13H,6,8,10,12H2,1-4H3,(H,19,21). The molecular weight excluding hydrogens is 292 g/mol. The largest absolute Gasteiger partial charge is 0.467 e. The highest BCUT2D eigenvalue weighted by molar-refractivity contribution is 5.95. The molecule has 2 heterocycles. The third kappa shape index (κ3) is 4.73. The zero-order chi connectivity index (χ0) is 16.8. The Morgan fingerprint density at radius 2 is 2.17 bits per heavy atom. The van der Waals surface area contributed by atoms with Gasteiger partial charge in [0, 0.05) is 24.5 Å². The Morgan fingerprint density at radius 1 is 1.39 bits per heavy atom. The first-order valence-corrected chi connectivity index (χ1v) is 8.08. The van der Waals surface area contributed by atoms with Crippen molar-refractivity contribution >= 4 is 5.91 Å². The lowest BCUT2D eigenvalue weighted by Gasteiger charge is -2.09. The van der Waals surface area contributed by atoms with Crippen molar-refractivity contribution in [2.45, 2.75) is 46.8 Å². The molecule has 2 aromatic heterocycles. The van der Waals surface area contributed by atoms with E-state index in [0.29, 0.717) is 19.7 Å². The second kappa shape index (κ2) is 8.02. The lowest BCUT2D eigenvalue weighted by Crippen LogP contribution is -2.26. The van der Waals surface area contributed by atoms with Crippen molar-refractivity contribution in [2.24, 2.45) is 0 Å². The van der Waals surface area contributed by atoms with Crippen LogP contribution in [0.4, 0.5) is 0 Å². The number of aromatic nitrogens is 1. The smallest absolute Gasteiger partial charge is 0.253 e. The van der Waals surface area contributed by atoms with Crippen LogP contribution in [-0.4, -0.2) is 29.7 Å². The minimum Gasteiger partial charge on any atom is -0.467 e. The maximum atomic E-state index is 12.3. The van der Waals surface area contributed by atoms with Crippen LogP contribution in [-0.2, 0) is 11.3 Å². The van der Waals surface area contributed by atoms with Crippen LogP contribution in [0.5, 0.6) is 0 Å². The molecule has 2 rings (SSSR count). The summed E-state index contributed by atoms with van der Waals surface area (Å²) >= 11 is 0. The summed E-state index contributed by atoms with van der Waals surface area (Å²) in [5.41, 5.74) is 2.72. The zero-order valence-corrected chi connectivity index (χ0v) is 14.4. The van der Waals surface area contributed by atoms with Crippen LogP contribution < -0.4 is 5.32 Å². The monoisotopic (exact) mass is 318 g/mol. The number of aryl methyl sites for hydroxylation is 1. The molecule has 0 spiro atoms. The summed E-state index contributed by atoms with van der Waals surface area (Å²) in [5.74, 6) is 0.845. The van der Waals surface area contributed by atoms with E-state index in [0.717, 1.165) is 29.1 Å². The van der Waals surface area contributed by atoms with Crippen molar-refractivity contribution in [1.82, 2.24) is 9.88 Å². The average Bonchev–Trinajstić information content (AvgIpc) is 3.10. The van der Waals surface area contributed by atoms with Gasteiger partial charge in [-0.15, -0.1) is 0 Å². The van der Waals surface area contributed by atoms with Gasteiger partial charge in [-0.05, 0) is 52.3 Å². The molecule has 1 amide bonds. The van der Waals surface area contributed by atoms with Crippen LogP contribution in [0, 0.1) is 13.8 Å². The topological polar surface area (TPSA) is 56.4 Å². The second-order valence-electron chi connectivity index (χ2n) is 5.98. The highest BCUT2D eigenvalue weighted by Crippen LogP contribution is 2.17. The summed E-state index contributed by atoms with van der Waals surface area (Å²) in [6, 6.07) is 5.74. The van der Waals surface area contributed by atoms with Crippen molar-refractivity contribution in [2.75, 3.05) is 13.2 Å². The first-order valence-electron chi connectivity index (χ1n) is 8.08. The van der Waals surface area contributed by atoms with Gasteiger partial charge < -0.3 is 19.0 Å². The molecule has 0 unspecified atom stereocenters. The van der Waals surface area contributed by atoms with Gasteiger partial charge in [-0.2, -0.15) is 0 Å². The molecule has 23 heavy (non-hydrogen) atoms. The lowest BCUT2D eigenvalue weighted by atomic mass is 10.2. The number of carbonyl (C=O) groups is 1. The normalized spacial score (nSPS) is 11.2. The van der Waals surface area contributed by atoms with Crippen LogP contribution in [0.3, 0.4) is 0 Å². The van der Waals surface area contributed by atoms with E-state index in [1.54, 1.807) is 6.26 Å². The SMILES string of the molecule is Cc1cc(C(=O)NCCCOC(C)C)c(C)n1Cc1ccco1. The van der Waals surface area contributed by atoms with E-state index in [-0.39, 0.29) is 12.0 Å². The molecule has 0 atom stereocenters. The van der Waals surface area contributed by atoms with Crippen LogP contribution in [0.15, 0.2) is 28.9 Å². The van der Waals surface area contributed by atoms with Gasteiger partial charge in [0.1, 0.15) is 5.76 Å². The van der Waals surface area contributed by atoms with Crippen LogP contribution in [0.1, 0.15) is 47.8 Å². The van der Waals surface area contributed by atoms with Gasteiger partial charge in [-0.1, -0.05) is 0 Å². The van der Waals surface area contributed by atoms with Crippen molar-refractivity contribution in [3.63, 3.8) is 0 Å². The van der Waals surface area contributed by atoms with Gasteiger partial charge in [0.25, 0.3) is 5.91 Å². The Morgan fingerprint density at radius 3 is 2.83 bits per heavy atom. The molecule has 2 aromatic rings. The Labute approximate surface area is 137 Å². The average molecular weight is 318 g/mol. The van der Waals surface area contributed by atoms with E-state index in [4.69, 9.17) is 9.15 Å². The molecule has 0 aliphatic heterocycles. The molecule has 0 aliphatic carbocycles. The number of hydrogen-bond acceptors (Lipinski definition) is 3. The van der Waals surface area contributed by atoms with Gasteiger partial charge in [0.15, 0.2) is 0 Å². The van der Waals surface area contributed by atoms with Crippen molar-refractivity contribution < 1.29 is 13.9 Å². The van der Waals surface area contributed by atoms with Gasteiger partial charge >= 0.3 is 0 Å². The molecular formula is C18H26N2O3. The van der Waals surface area contributed by atoms with Crippen molar-refractivity contribution in [3.05, 3.63) is 47.2 Å². The number of hydrogen-bond donors (Lipinski definition) is 1. The summed E-state index contributed by atoms with van der Waals surface area (Å²) in [4.78, 5) is 12.3. The number of ether oxygens (including phenoxy) is 1. The van der Waals surface area contributed by atoms with Gasteiger partial charge in [-0.25, -0.2) is 0 Å². The van der Waals surface area contributed by atoms with Crippen LogP contribution in [0.2, 0.25) is 0 Å². The van der Waals surface area contributed by atoms with E-state index in [1.807, 2.05) is 45.9 Å². The van der Waals surface area contributed by atoms with E-state index < -0.39 is 0 Å². The zero-order valence-electron chi connectivity index (χ0n) is 14.4. The molecule has 5 heteroatoms. The van der Waals surface area contributed by atoms with E-state index in [9.17, 15) is 4.79 Å². The van der Waals surface area contributed by atoms with Crippen molar-refractivity contribution in [3.8, 4) is 0 Å². The molecule has 0 fully saturated rings. The summed E-state index contributed by atoms with van der Waals surface area (Å²) in [7, 11) is 0. The fourth-order valence-electron chi connectivity index (χ4n) is 2.52. The Hall–Kier alpha value is -2.01. The fraction of sp³-hybridized carbons (Fsp3) is 0.500. The Kier molecular flexibility index (Phi) is 6.04. The summed E-state index contributed by atoms with van der Waals surface area (Å²) in [6.07, 6.45) is 2.71. The number of amides is 1. The quantitative estimate of drug-likeness (QED) is 0.760. The Balaban J connectivity index is 1.93. The summed E-state index contributed by atoms with van der Waals surface area (Å²) < 4.78 is 13.0. The third-order valence-corrected chi connectivity index (χ3v) is 3.77. The summed E-state index contributed by atoms with van der Waals surface area (Å²) in [6.45, 7) is 9.90. The molecule has 0 aromatic carbocycles. The first-order chi connectivity index (χ1) is 11.0. The van der Waals surface area contributed by atoms with E-state index >= 15 is 0 Å². The summed E-state index contributed by atoms with van der Waals surface area (Å²) in [5, 5.41) is 2.96. The minimum absolute atomic E-state index is 0.0339. The van der Waals surface area contributed by atoms with E-state index in [2.05, 4.69) is 9.88 Å². The van der Waals surface area contributed by atoms with E-state index in [1.165, 1.54) is 0 Å². The molecule has 5 nitrogen and oxygen atoms in total. The molecule has 0 bridgehead atoms. The number of nitrogens with one attached hydrogen (secondary N) is 1. The molecule has 0 saturated carbocycles. The molecule has 1 N–H and O–H groups in total. The predicted octanol–water partition coefficient (Wildman–Crippen LogP) is 3.29. The fourth-order valence-corrected chi connectivity index (χ4v) is 2.52.